The minimum atomic E-state index is 0.460. The Hall–Kier alpha value is -1.60. The summed E-state index contributed by atoms with van der Waals surface area (Å²) < 4.78 is 0. The molecule has 0 radical (unpaired) electrons. The molecule has 2 aromatic carbocycles. The molecule has 2 unspecified atom stereocenters. The Kier molecular flexibility index (Phi) is 3.39. The van der Waals surface area contributed by atoms with Gasteiger partial charge in [-0.1, -0.05) is 48.5 Å². The zero-order valence-electron chi connectivity index (χ0n) is 11.7. The standard InChI is InChI=1S/C18H21N/c1-13-8-9-16(12-14(13)2)18-17(10-11-19-18)15-6-4-3-5-7-15/h3-9,12,17-19H,10-11H2,1-2H3. The van der Waals surface area contributed by atoms with Crippen LogP contribution in [0, 0.1) is 13.8 Å². The lowest BCUT2D eigenvalue weighted by Gasteiger charge is -2.21. The van der Waals surface area contributed by atoms with Gasteiger partial charge in [0.15, 0.2) is 0 Å². The highest BCUT2D eigenvalue weighted by Crippen LogP contribution is 2.37. The Labute approximate surface area is 115 Å². The Morgan fingerprint density at radius 3 is 2.42 bits per heavy atom. The first-order valence-corrected chi connectivity index (χ1v) is 7.11. The van der Waals surface area contributed by atoms with Crippen molar-refractivity contribution in [3.8, 4) is 0 Å². The van der Waals surface area contributed by atoms with E-state index >= 15 is 0 Å². The van der Waals surface area contributed by atoms with Crippen LogP contribution in [0.15, 0.2) is 48.5 Å². The van der Waals surface area contributed by atoms with Gasteiger partial charge < -0.3 is 5.32 Å². The first-order chi connectivity index (χ1) is 9.25. The van der Waals surface area contributed by atoms with E-state index in [1.807, 2.05) is 0 Å². The van der Waals surface area contributed by atoms with Gasteiger partial charge in [0.1, 0.15) is 0 Å². The highest BCUT2D eigenvalue weighted by molar-refractivity contribution is 5.35. The molecule has 19 heavy (non-hydrogen) atoms. The number of nitrogens with one attached hydrogen (secondary N) is 1. The highest BCUT2D eigenvalue weighted by Gasteiger charge is 2.29. The topological polar surface area (TPSA) is 12.0 Å². The maximum absolute atomic E-state index is 3.67. The molecule has 1 fully saturated rings. The van der Waals surface area contributed by atoms with Crippen LogP contribution < -0.4 is 5.32 Å². The normalized spacial score (nSPS) is 22.6. The average Bonchev–Trinajstić information content (AvgIpc) is 2.92. The van der Waals surface area contributed by atoms with Gasteiger partial charge in [0.05, 0.1) is 0 Å². The van der Waals surface area contributed by atoms with Gasteiger partial charge in [0.2, 0.25) is 0 Å². The van der Waals surface area contributed by atoms with Gasteiger partial charge in [-0.05, 0) is 49.1 Å². The van der Waals surface area contributed by atoms with Gasteiger partial charge >= 0.3 is 0 Å². The van der Waals surface area contributed by atoms with Crippen LogP contribution in [0.5, 0.6) is 0 Å². The number of rotatable bonds is 2. The van der Waals surface area contributed by atoms with Gasteiger partial charge in [-0.25, -0.2) is 0 Å². The largest absolute Gasteiger partial charge is 0.309 e. The Morgan fingerprint density at radius 1 is 0.895 bits per heavy atom. The van der Waals surface area contributed by atoms with E-state index in [2.05, 4.69) is 67.7 Å². The fourth-order valence-corrected chi connectivity index (χ4v) is 3.07. The number of aryl methyl sites for hydroxylation is 2. The smallest absolute Gasteiger partial charge is 0.0390 e. The molecule has 98 valence electrons. The number of benzene rings is 2. The first-order valence-electron chi connectivity index (χ1n) is 7.11. The second kappa shape index (κ2) is 5.18. The minimum absolute atomic E-state index is 0.460. The summed E-state index contributed by atoms with van der Waals surface area (Å²) in [5.74, 6) is 0.600. The molecular weight excluding hydrogens is 230 g/mol. The lowest BCUT2D eigenvalue weighted by Crippen LogP contribution is -2.17. The van der Waals surface area contributed by atoms with Crippen LogP contribution in [0.3, 0.4) is 0 Å². The van der Waals surface area contributed by atoms with E-state index in [0.29, 0.717) is 12.0 Å². The van der Waals surface area contributed by atoms with E-state index in [-0.39, 0.29) is 0 Å². The molecule has 0 bridgehead atoms. The number of hydrogen-bond acceptors (Lipinski definition) is 1. The molecule has 3 rings (SSSR count). The summed E-state index contributed by atoms with van der Waals surface area (Å²) in [4.78, 5) is 0. The van der Waals surface area contributed by atoms with Crippen molar-refractivity contribution in [3.05, 3.63) is 70.8 Å². The summed E-state index contributed by atoms with van der Waals surface area (Å²) in [5.41, 5.74) is 5.64. The van der Waals surface area contributed by atoms with Crippen LogP contribution in [0.4, 0.5) is 0 Å². The van der Waals surface area contributed by atoms with E-state index in [1.165, 1.54) is 28.7 Å². The molecule has 0 saturated carbocycles. The number of hydrogen-bond donors (Lipinski definition) is 1. The van der Waals surface area contributed by atoms with Gasteiger partial charge in [-0.3, -0.25) is 0 Å². The van der Waals surface area contributed by atoms with Crippen molar-refractivity contribution in [1.29, 1.82) is 0 Å². The van der Waals surface area contributed by atoms with Crippen molar-refractivity contribution in [2.75, 3.05) is 6.54 Å². The van der Waals surface area contributed by atoms with Crippen LogP contribution in [-0.2, 0) is 0 Å². The van der Waals surface area contributed by atoms with Crippen molar-refractivity contribution >= 4 is 0 Å². The van der Waals surface area contributed by atoms with Crippen LogP contribution in [0.2, 0.25) is 0 Å². The molecule has 1 aliphatic rings. The molecule has 0 amide bonds. The fraction of sp³-hybridized carbons (Fsp3) is 0.333. The molecule has 1 nitrogen and oxygen atoms in total. The molecule has 2 atom stereocenters. The SMILES string of the molecule is Cc1ccc(C2NCCC2c2ccccc2)cc1C. The maximum Gasteiger partial charge on any atom is 0.0390 e. The Bertz CT molecular complexity index is 559. The third-order valence-corrected chi connectivity index (χ3v) is 4.34. The molecule has 1 heteroatoms. The van der Waals surface area contributed by atoms with Crippen molar-refractivity contribution in [2.24, 2.45) is 0 Å². The Morgan fingerprint density at radius 2 is 1.68 bits per heavy atom. The van der Waals surface area contributed by atoms with Crippen molar-refractivity contribution in [2.45, 2.75) is 32.2 Å². The summed E-state index contributed by atoms with van der Waals surface area (Å²) >= 11 is 0. The molecule has 0 aliphatic carbocycles. The van der Waals surface area contributed by atoms with Crippen LogP contribution in [0.25, 0.3) is 0 Å². The van der Waals surface area contributed by atoms with Crippen LogP contribution in [-0.4, -0.2) is 6.54 Å². The van der Waals surface area contributed by atoms with Crippen molar-refractivity contribution in [1.82, 2.24) is 5.32 Å². The third-order valence-electron chi connectivity index (χ3n) is 4.34. The zero-order chi connectivity index (χ0) is 13.2. The molecule has 1 heterocycles. The lowest BCUT2D eigenvalue weighted by molar-refractivity contribution is 0.577. The summed E-state index contributed by atoms with van der Waals surface area (Å²) in [5, 5.41) is 3.67. The lowest BCUT2D eigenvalue weighted by atomic mass is 9.87. The van der Waals surface area contributed by atoms with Crippen molar-refractivity contribution in [3.63, 3.8) is 0 Å². The van der Waals surface area contributed by atoms with E-state index in [1.54, 1.807) is 0 Å². The van der Waals surface area contributed by atoms with E-state index in [9.17, 15) is 0 Å². The predicted molar refractivity (Wildman–Crippen MR) is 80.5 cm³/mol. The molecule has 2 aromatic rings. The molecule has 1 aliphatic heterocycles. The summed E-state index contributed by atoms with van der Waals surface area (Å²) in [6.07, 6.45) is 1.22. The summed E-state index contributed by atoms with van der Waals surface area (Å²) in [6.45, 7) is 5.48. The molecular formula is C18H21N. The quantitative estimate of drug-likeness (QED) is 0.846. The zero-order valence-corrected chi connectivity index (χ0v) is 11.7. The first kappa shape index (κ1) is 12.4. The summed E-state index contributed by atoms with van der Waals surface area (Å²) in [6, 6.07) is 18.2. The second-order valence-corrected chi connectivity index (χ2v) is 5.58. The molecule has 1 saturated heterocycles. The van der Waals surface area contributed by atoms with E-state index in [0.717, 1.165) is 6.54 Å². The highest BCUT2D eigenvalue weighted by atomic mass is 15.0. The van der Waals surface area contributed by atoms with Gasteiger partial charge in [-0.15, -0.1) is 0 Å². The third kappa shape index (κ3) is 2.43. The van der Waals surface area contributed by atoms with E-state index in [4.69, 9.17) is 0 Å². The molecule has 0 aromatic heterocycles. The monoisotopic (exact) mass is 251 g/mol. The van der Waals surface area contributed by atoms with Gasteiger partial charge in [0, 0.05) is 12.0 Å². The van der Waals surface area contributed by atoms with Crippen molar-refractivity contribution < 1.29 is 0 Å². The maximum atomic E-state index is 3.67. The predicted octanol–water partition coefficient (Wildman–Crippen LogP) is 4.12. The minimum Gasteiger partial charge on any atom is -0.309 e. The van der Waals surface area contributed by atoms with Crippen LogP contribution in [0.1, 0.15) is 40.6 Å². The summed E-state index contributed by atoms with van der Waals surface area (Å²) in [7, 11) is 0. The average molecular weight is 251 g/mol. The van der Waals surface area contributed by atoms with Gasteiger partial charge in [-0.2, -0.15) is 0 Å². The Balaban J connectivity index is 1.93. The fourth-order valence-electron chi connectivity index (χ4n) is 3.07. The van der Waals surface area contributed by atoms with Crippen LogP contribution >= 0.6 is 0 Å². The second-order valence-electron chi connectivity index (χ2n) is 5.58. The molecule has 1 N–H and O–H groups in total. The van der Waals surface area contributed by atoms with Gasteiger partial charge in [0.25, 0.3) is 0 Å². The molecule has 0 spiro atoms. The van der Waals surface area contributed by atoms with E-state index < -0.39 is 0 Å².